The molecule has 23 heavy (non-hydrogen) atoms. The molecule has 1 heterocycles. The van der Waals surface area contributed by atoms with Crippen molar-refractivity contribution in [1.29, 1.82) is 0 Å². The van der Waals surface area contributed by atoms with E-state index in [-0.39, 0.29) is 12.5 Å². The summed E-state index contributed by atoms with van der Waals surface area (Å²) in [6.07, 6.45) is 1.10. The number of amides is 1. The first kappa shape index (κ1) is 17.6. The maximum absolute atomic E-state index is 12.2. The van der Waals surface area contributed by atoms with Crippen LogP contribution in [0.4, 0.5) is 5.69 Å². The van der Waals surface area contributed by atoms with Gasteiger partial charge in [-0.15, -0.1) is 0 Å². The van der Waals surface area contributed by atoms with Crippen LogP contribution in [0.15, 0.2) is 24.3 Å². The van der Waals surface area contributed by atoms with Gasteiger partial charge in [0.1, 0.15) is 5.75 Å². The number of ether oxygens (including phenoxy) is 1. The van der Waals surface area contributed by atoms with Crippen molar-refractivity contribution in [2.75, 3.05) is 58.0 Å². The van der Waals surface area contributed by atoms with Gasteiger partial charge in [0, 0.05) is 38.9 Å². The monoisotopic (exact) mass is 341 g/mol. The van der Waals surface area contributed by atoms with Gasteiger partial charge in [0.25, 0.3) is 0 Å². The van der Waals surface area contributed by atoms with Crippen LogP contribution in [0.5, 0.6) is 5.75 Å². The normalized spacial score (nSPS) is 15.8. The van der Waals surface area contributed by atoms with E-state index in [1.807, 2.05) is 24.3 Å². The summed E-state index contributed by atoms with van der Waals surface area (Å²) in [6, 6.07) is 7.81. The summed E-state index contributed by atoms with van der Waals surface area (Å²) < 4.78 is 29.0. The van der Waals surface area contributed by atoms with Gasteiger partial charge in [-0.2, -0.15) is 4.31 Å². The van der Waals surface area contributed by atoms with Crippen LogP contribution in [0.1, 0.15) is 0 Å². The first-order valence-electron chi connectivity index (χ1n) is 7.39. The van der Waals surface area contributed by atoms with Gasteiger partial charge >= 0.3 is 0 Å². The number of hydrogen-bond donors (Lipinski definition) is 0. The first-order valence-corrected chi connectivity index (χ1v) is 9.24. The van der Waals surface area contributed by atoms with E-state index in [2.05, 4.69) is 4.90 Å². The number of sulfonamides is 1. The minimum absolute atomic E-state index is 0.110. The highest BCUT2D eigenvalue weighted by Gasteiger charge is 2.24. The quantitative estimate of drug-likeness (QED) is 0.767. The molecule has 1 saturated heterocycles. The fourth-order valence-corrected chi connectivity index (χ4v) is 2.76. The summed E-state index contributed by atoms with van der Waals surface area (Å²) in [4.78, 5) is 16.1. The van der Waals surface area contributed by atoms with Gasteiger partial charge in [0.15, 0.2) is 0 Å². The largest absolute Gasteiger partial charge is 0.497 e. The molecular weight excluding hydrogens is 318 g/mol. The van der Waals surface area contributed by atoms with Crippen molar-refractivity contribution in [2.24, 2.45) is 0 Å². The summed E-state index contributed by atoms with van der Waals surface area (Å²) >= 11 is 0. The maximum Gasteiger partial charge on any atom is 0.238 e. The first-order chi connectivity index (χ1) is 10.8. The molecule has 0 atom stereocenters. The second-order valence-corrected chi connectivity index (χ2v) is 7.67. The minimum atomic E-state index is -3.33. The lowest BCUT2D eigenvalue weighted by Crippen LogP contribution is -2.51. The molecule has 7 nitrogen and oxygen atoms in total. The van der Waals surface area contributed by atoms with Gasteiger partial charge in [0.2, 0.25) is 15.9 Å². The molecule has 0 aliphatic carbocycles. The highest BCUT2D eigenvalue weighted by molar-refractivity contribution is 7.88. The number of anilines is 1. The zero-order valence-corrected chi connectivity index (χ0v) is 14.5. The summed E-state index contributed by atoms with van der Waals surface area (Å²) in [6.45, 7) is 2.51. The number of nitrogens with zero attached hydrogens (tertiary/aromatic N) is 3. The minimum Gasteiger partial charge on any atom is -0.497 e. The van der Waals surface area contributed by atoms with Gasteiger partial charge in [-0.3, -0.25) is 4.79 Å². The molecule has 0 spiro atoms. The van der Waals surface area contributed by atoms with E-state index in [0.717, 1.165) is 35.1 Å². The van der Waals surface area contributed by atoms with Crippen molar-refractivity contribution in [3.05, 3.63) is 24.3 Å². The molecule has 8 heteroatoms. The standard InChI is InChI=1S/C15H23N3O4S/c1-16(23(3,20)21)12-15(19)18-10-8-17(9-11-18)13-4-6-14(22-2)7-5-13/h4-7H,8-12H2,1-3H3. The van der Waals surface area contributed by atoms with Crippen LogP contribution >= 0.6 is 0 Å². The van der Waals surface area contributed by atoms with Crippen LogP contribution in [0.3, 0.4) is 0 Å². The van der Waals surface area contributed by atoms with Gasteiger partial charge in [0.05, 0.1) is 19.9 Å². The Kier molecular flexibility index (Phi) is 5.48. The molecule has 1 aliphatic rings. The zero-order valence-electron chi connectivity index (χ0n) is 13.7. The van der Waals surface area contributed by atoms with E-state index in [0.29, 0.717) is 13.1 Å². The van der Waals surface area contributed by atoms with E-state index in [9.17, 15) is 13.2 Å². The fourth-order valence-electron chi connectivity index (χ4n) is 2.41. The van der Waals surface area contributed by atoms with Gasteiger partial charge in [-0.05, 0) is 24.3 Å². The SMILES string of the molecule is COc1ccc(N2CCN(C(=O)CN(C)S(C)(=O)=O)CC2)cc1. The van der Waals surface area contributed by atoms with E-state index in [1.54, 1.807) is 12.0 Å². The number of methoxy groups -OCH3 is 1. The Morgan fingerprint density at radius 2 is 1.74 bits per heavy atom. The molecule has 0 saturated carbocycles. The van der Waals surface area contributed by atoms with Crippen LogP contribution < -0.4 is 9.64 Å². The second-order valence-electron chi connectivity index (χ2n) is 5.58. The summed E-state index contributed by atoms with van der Waals surface area (Å²) in [5, 5.41) is 0. The third kappa shape index (κ3) is 4.59. The highest BCUT2D eigenvalue weighted by atomic mass is 32.2. The van der Waals surface area contributed by atoms with Crippen molar-refractivity contribution >= 4 is 21.6 Å². The summed E-state index contributed by atoms with van der Waals surface area (Å²) in [5.74, 6) is 0.652. The van der Waals surface area contributed by atoms with Crippen LogP contribution in [-0.4, -0.2) is 76.7 Å². The molecule has 1 aromatic carbocycles. The predicted octanol–water partition coefficient (Wildman–Crippen LogP) is 0.235. The zero-order chi connectivity index (χ0) is 17.0. The molecular formula is C15H23N3O4S. The van der Waals surface area contributed by atoms with E-state index >= 15 is 0 Å². The predicted molar refractivity (Wildman–Crippen MR) is 89.3 cm³/mol. The van der Waals surface area contributed by atoms with Crippen LogP contribution in [-0.2, 0) is 14.8 Å². The van der Waals surface area contributed by atoms with Crippen LogP contribution in [0.2, 0.25) is 0 Å². The van der Waals surface area contributed by atoms with Gasteiger partial charge in [-0.1, -0.05) is 0 Å². The summed E-state index contributed by atoms with van der Waals surface area (Å²) in [7, 11) is -0.284. The average molecular weight is 341 g/mol. The van der Waals surface area contributed by atoms with Gasteiger partial charge < -0.3 is 14.5 Å². The molecule has 0 N–H and O–H groups in total. The Morgan fingerprint density at radius 3 is 2.22 bits per heavy atom. The number of rotatable bonds is 5. The lowest BCUT2D eigenvalue weighted by atomic mass is 10.2. The third-order valence-corrected chi connectivity index (χ3v) is 5.26. The molecule has 128 valence electrons. The number of benzene rings is 1. The smallest absolute Gasteiger partial charge is 0.238 e. The Labute approximate surface area is 137 Å². The number of hydrogen-bond acceptors (Lipinski definition) is 5. The molecule has 1 amide bonds. The fraction of sp³-hybridized carbons (Fsp3) is 0.533. The van der Waals surface area contributed by atoms with Crippen molar-refractivity contribution < 1.29 is 17.9 Å². The van der Waals surface area contributed by atoms with E-state index in [4.69, 9.17) is 4.74 Å². The number of likely N-dealkylation sites (N-methyl/N-ethyl adjacent to an activating group) is 1. The van der Waals surface area contributed by atoms with E-state index in [1.165, 1.54) is 7.05 Å². The number of piperazine rings is 1. The molecule has 2 rings (SSSR count). The van der Waals surface area contributed by atoms with Crippen molar-refractivity contribution in [3.63, 3.8) is 0 Å². The maximum atomic E-state index is 12.2. The highest BCUT2D eigenvalue weighted by Crippen LogP contribution is 2.20. The van der Waals surface area contributed by atoms with Crippen LogP contribution in [0.25, 0.3) is 0 Å². The Bertz CT molecular complexity index is 637. The topological polar surface area (TPSA) is 70.2 Å². The lowest BCUT2D eigenvalue weighted by Gasteiger charge is -2.36. The van der Waals surface area contributed by atoms with E-state index < -0.39 is 10.0 Å². The number of carbonyl (C=O) groups excluding carboxylic acids is 1. The van der Waals surface area contributed by atoms with Crippen molar-refractivity contribution in [3.8, 4) is 5.75 Å². The molecule has 1 aromatic rings. The van der Waals surface area contributed by atoms with Gasteiger partial charge in [-0.25, -0.2) is 8.42 Å². The molecule has 1 aliphatic heterocycles. The Hall–Kier alpha value is -1.80. The Morgan fingerprint density at radius 1 is 1.17 bits per heavy atom. The lowest BCUT2D eigenvalue weighted by molar-refractivity contribution is -0.131. The molecule has 0 radical (unpaired) electrons. The van der Waals surface area contributed by atoms with Crippen molar-refractivity contribution in [2.45, 2.75) is 0 Å². The third-order valence-electron chi connectivity index (χ3n) is 3.99. The average Bonchev–Trinajstić information content (AvgIpc) is 2.54. The number of carbonyl (C=O) groups is 1. The Balaban J connectivity index is 1.89. The summed E-state index contributed by atoms with van der Waals surface area (Å²) in [5.41, 5.74) is 1.09. The molecule has 0 bridgehead atoms. The second kappa shape index (κ2) is 7.18. The van der Waals surface area contributed by atoms with Crippen LogP contribution in [0, 0.1) is 0 Å². The molecule has 1 fully saturated rings. The molecule has 0 aromatic heterocycles. The molecule has 0 unspecified atom stereocenters. The van der Waals surface area contributed by atoms with Crippen molar-refractivity contribution in [1.82, 2.24) is 9.21 Å².